The minimum atomic E-state index is -0.513. The van der Waals surface area contributed by atoms with E-state index in [0.29, 0.717) is 39.2 Å². The maximum Gasteiger partial charge on any atom is 0.263 e. The second-order valence-electron chi connectivity index (χ2n) is 9.41. The minimum absolute atomic E-state index is 0.202. The zero-order valence-corrected chi connectivity index (χ0v) is 21.5. The largest absolute Gasteiger partial charge is 0.366 e. The van der Waals surface area contributed by atoms with Gasteiger partial charge in [0.1, 0.15) is 23.2 Å². The van der Waals surface area contributed by atoms with Crippen LogP contribution in [0.3, 0.4) is 0 Å². The van der Waals surface area contributed by atoms with Crippen molar-refractivity contribution in [3.63, 3.8) is 0 Å². The molecular weight excluding hydrogens is 504 g/mol. The predicted molar refractivity (Wildman–Crippen MR) is 156 cm³/mol. The van der Waals surface area contributed by atoms with Crippen LogP contribution >= 0.6 is 0 Å². The van der Waals surface area contributed by atoms with Gasteiger partial charge in [0.05, 0.1) is 11.4 Å². The second-order valence-corrected chi connectivity index (χ2v) is 9.41. The van der Waals surface area contributed by atoms with Crippen molar-refractivity contribution in [2.45, 2.75) is 13.0 Å². The van der Waals surface area contributed by atoms with E-state index < -0.39 is 11.9 Å². The van der Waals surface area contributed by atoms with Crippen LogP contribution in [-0.2, 0) is 0 Å². The van der Waals surface area contributed by atoms with Crippen LogP contribution in [0.5, 0.6) is 0 Å². The number of benzene rings is 3. The number of carbonyl (C=O) groups excluding carboxylic acids is 1. The van der Waals surface area contributed by atoms with Crippen molar-refractivity contribution in [2.24, 2.45) is 5.73 Å². The first-order chi connectivity index (χ1) is 19.4. The number of nitrogens with two attached hydrogens (primary N) is 1. The summed E-state index contributed by atoms with van der Waals surface area (Å²) in [6.07, 6.45) is 2.92. The van der Waals surface area contributed by atoms with Crippen molar-refractivity contribution >= 4 is 33.5 Å². The molecule has 3 heterocycles. The molecule has 4 N–H and O–H groups in total. The Morgan fingerprint density at radius 1 is 0.925 bits per heavy atom. The van der Waals surface area contributed by atoms with Gasteiger partial charge in [-0.25, -0.2) is 9.97 Å². The molecule has 0 aliphatic heterocycles. The number of anilines is 1. The molecule has 40 heavy (non-hydrogen) atoms. The standard InChI is InChI=1S/C31H24N6O3/c1-18(36-30-27-25(38)14-15-33-29(27)34-17-35-30)24-16-21-6-5-9-23(19-10-12-20(13-11-19)28(32)39)26(21)31(40)37(24)22-7-3-2-4-8-22/h2-18H,1H3,(H2,32,39)(H2,33,34,35,36,38)/t18-/m0/s1. The molecule has 1 atom stereocenters. The van der Waals surface area contributed by atoms with Gasteiger partial charge in [-0.15, -0.1) is 0 Å². The van der Waals surface area contributed by atoms with E-state index in [-0.39, 0.29) is 11.0 Å². The molecule has 9 heteroatoms. The van der Waals surface area contributed by atoms with Gasteiger partial charge >= 0.3 is 0 Å². The highest BCUT2D eigenvalue weighted by molar-refractivity contribution is 5.98. The summed E-state index contributed by atoms with van der Waals surface area (Å²) in [6.45, 7) is 1.91. The highest BCUT2D eigenvalue weighted by atomic mass is 16.1. The van der Waals surface area contributed by atoms with Crippen LogP contribution in [0, 0.1) is 0 Å². The van der Waals surface area contributed by atoms with Crippen molar-refractivity contribution in [3.8, 4) is 16.8 Å². The summed E-state index contributed by atoms with van der Waals surface area (Å²) in [7, 11) is 0. The summed E-state index contributed by atoms with van der Waals surface area (Å²) in [5.74, 6) is -0.143. The SMILES string of the molecule is C[C@H](Nc1ncnc2[nH]ccc(=O)c12)c1cc2cccc(-c3ccc(C(N)=O)cc3)c2c(=O)n1-c1ccccc1. The number of aromatic nitrogens is 4. The van der Waals surface area contributed by atoms with Gasteiger partial charge in [0.25, 0.3) is 5.56 Å². The van der Waals surface area contributed by atoms with Gasteiger partial charge in [-0.1, -0.05) is 48.5 Å². The Morgan fingerprint density at radius 3 is 2.45 bits per heavy atom. The topological polar surface area (TPSA) is 136 Å². The third-order valence-electron chi connectivity index (χ3n) is 6.92. The molecule has 6 aromatic rings. The average molecular weight is 529 g/mol. The van der Waals surface area contributed by atoms with E-state index in [2.05, 4.69) is 20.3 Å². The third-order valence-corrected chi connectivity index (χ3v) is 6.92. The number of amides is 1. The highest BCUT2D eigenvalue weighted by Gasteiger charge is 2.20. The third kappa shape index (κ3) is 4.29. The Kier molecular flexibility index (Phi) is 6.16. The van der Waals surface area contributed by atoms with E-state index in [1.54, 1.807) is 35.0 Å². The first-order valence-electron chi connectivity index (χ1n) is 12.7. The molecule has 0 radical (unpaired) electrons. The normalized spacial score (nSPS) is 11.9. The number of para-hydroxylation sites is 1. The van der Waals surface area contributed by atoms with Crippen molar-refractivity contribution in [1.29, 1.82) is 0 Å². The van der Waals surface area contributed by atoms with Gasteiger partial charge < -0.3 is 16.0 Å². The number of hydrogen-bond acceptors (Lipinski definition) is 6. The second kappa shape index (κ2) is 9.95. The Hall–Kier alpha value is -5.57. The fraction of sp³-hybridized carbons (Fsp3) is 0.0645. The lowest BCUT2D eigenvalue weighted by Crippen LogP contribution is -2.26. The summed E-state index contributed by atoms with van der Waals surface area (Å²) in [5.41, 5.74) is 8.72. The molecule has 3 aromatic heterocycles. The van der Waals surface area contributed by atoms with Crippen LogP contribution in [0.4, 0.5) is 5.82 Å². The molecule has 3 aromatic carbocycles. The number of aromatic amines is 1. The summed E-state index contributed by atoms with van der Waals surface area (Å²) < 4.78 is 1.68. The molecule has 6 rings (SSSR count). The fourth-order valence-corrected chi connectivity index (χ4v) is 5.00. The summed E-state index contributed by atoms with van der Waals surface area (Å²) in [5, 5.41) is 4.97. The zero-order valence-electron chi connectivity index (χ0n) is 21.5. The van der Waals surface area contributed by atoms with Gasteiger partial charge in [-0.05, 0) is 53.8 Å². The molecule has 0 bridgehead atoms. The molecule has 0 saturated carbocycles. The van der Waals surface area contributed by atoms with Crippen LogP contribution in [0.2, 0.25) is 0 Å². The number of primary amides is 1. The molecule has 0 spiro atoms. The van der Waals surface area contributed by atoms with Crippen molar-refractivity contribution < 1.29 is 4.79 Å². The van der Waals surface area contributed by atoms with E-state index in [4.69, 9.17) is 5.73 Å². The molecule has 0 unspecified atom stereocenters. The molecule has 0 aliphatic rings. The number of nitrogens with one attached hydrogen (secondary N) is 2. The number of H-pyrrole nitrogens is 1. The molecule has 9 nitrogen and oxygen atoms in total. The lowest BCUT2D eigenvalue weighted by atomic mass is 9.97. The fourth-order valence-electron chi connectivity index (χ4n) is 5.00. The van der Waals surface area contributed by atoms with Gasteiger partial charge in [0, 0.05) is 29.2 Å². The Labute approximate surface area is 228 Å². The van der Waals surface area contributed by atoms with Gasteiger partial charge in [0.2, 0.25) is 5.91 Å². The highest BCUT2D eigenvalue weighted by Crippen LogP contribution is 2.30. The average Bonchev–Trinajstić information content (AvgIpc) is 2.97. The smallest absolute Gasteiger partial charge is 0.263 e. The van der Waals surface area contributed by atoms with Crippen LogP contribution in [0.25, 0.3) is 38.6 Å². The first-order valence-corrected chi connectivity index (χ1v) is 12.7. The number of pyridine rings is 2. The van der Waals surface area contributed by atoms with Crippen molar-refractivity contribution in [1.82, 2.24) is 19.5 Å². The number of hydrogen-bond donors (Lipinski definition) is 3. The van der Waals surface area contributed by atoms with E-state index in [0.717, 1.165) is 16.5 Å². The lowest BCUT2D eigenvalue weighted by Gasteiger charge is -2.22. The molecule has 0 fully saturated rings. The Bertz CT molecular complexity index is 2010. The summed E-state index contributed by atoms with van der Waals surface area (Å²) >= 11 is 0. The molecule has 196 valence electrons. The van der Waals surface area contributed by atoms with E-state index in [1.807, 2.05) is 61.5 Å². The van der Waals surface area contributed by atoms with Gasteiger partial charge in [-0.2, -0.15) is 0 Å². The molecule has 1 amide bonds. The van der Waals surface area contributed by atoms with Crippen molar-refractivity contribution in [3.05, 3.63) is 129 Å². The Balaban J connectivity index is 1.55. The van der Waals surface area contributed by atoms with E-state index in [1.165, 1.54) is 12.4 Å². The predicted octanol–water partition coefficient (Wildman–Crippen LogP) is 4.56. The van der Waals surface area contributed by atoms with E-state index in [9.17, 15) is 14.4 Å². The summed E-state index contributed by atoms with van der Waals surface area (Å²) in [6, 6.07) is 24.9. The summed E-state index contributed by atoms with van der Waals surface area (Å²) in [4.78, 5) is 50.0. The van der Waals surface area contributed by atoms with Crippen LogP contribution < -0.4 is 22.0 Å². The van der Waals surface area contributed by atoms with Gasteiger partial charge in [-0.3, -0.25) is 19.0 Å². The van der Waals surface area contributed by atoms with Crippen LogP contribution in [-0.4, -0.2) is 25.4 Å². The number of nitrogens with zero attached hydrogens (tertiary/aromatic N) is 3. The maximum atomic E-state index is 14.3. The molecule has 0 aliphatic carbocycles. The minimum Gasteiger partial charge on any atom is -0.366 e. The number of fused-ring (bicyclic) bond motifs is 2. The van der Waals surface area contributed by atoms with Gasteiger partial charge in [0.15, 0.2) is 5.43 Å². The maximum absolute atomic E-state index is 14.3. The quantitative estimate of drug-likeness (QED) is 0.290. The van der Waals surface area contributed by atoms with Crippen LogP contribution in [0.1, 0.15) is 29.0 Å². The first kappa shape index (κ1) is 24.7. The molecular formula is C31H24N6O3. The van der Waals surface area contributed by atoms with E-state index >= 15 is 0 Å². The Morgan fingerprint density at radius 2 is 1.70 bits per heavy atom. The monoisotopic (exact) mass is 528 g/mol. The number of carbonyl (C=O) groups is 1. The zero-order chi connectivity index (χ0) is 27.8. The lowest BCUT2D eigenvalue weighted by molar-refractivity contribution is 0.100. The van der Waals surface area contributed by atoms with Crippen LogP contribution in [0.15, 0.2) is 107 Å². The van der Waals surface area contributed by atoms with Crippen molar-refractivity contribution in [2.75, 3.05) is 5.32 Å². The number of rotatable bonds is 6. The molecule has 0 saturated heterocycles.